The minimum Gasteiger partial charge on any atom is -0.444 e. The summed E-state index contributed by atoms with van der Waals surface area (Å²) in [5.74, 6) is 1.27. The fraction of sp³-hybridized carbons (Fsp3) is 0.455. The van der Waals surface area contributed by atoms with E-state index >= 15 is 0 Å². The molecule has 1 unspecified atom stereocenters. The Morgan fingerprint density at radius 2 is 2.22 bits per heavy atom. The number of furan rings is 1. The first kappa shape index (κ1) is 13.3. The van der Waals surface area contributed by atoms with Crippen LogP contribution in [-0.4, -0.2) is 31.0 Å². The summed E-state index contributed by atoms with van der Waals surface area (Å²) in [4.78, 5) is 4.23. The van der Waals surface area contributed by atoms with Gasteiger partial charge in [-0.25, -0.2) is 0 Å². The molecule has 0 aromatic carbocycles. The van der Waals surface area contributed by atoms with Crippen LogP contribution in [0.2, 0.25) is 0 Å². The topological polar surface area (TPSA) is 70.5 Å². The van der Waals surface area contributed by atoms with Gasteiger partial charge in [-0.05, 0) is 28.9 Å². The Morgan fingerprint density at radius 3 is 2.78 bits per heavy atom. The molecule has 0 aliphatic carbocycles. The molecule has 98 valence electrons. The quantitative estimate of drug-likeness (QED) is 0.844. The maximum absolute atomic E-state index is 5.44. The van der Waals surface area contributed by atoms with Gasteiger partial charge in [0.1, 0.15) is 6.10 Å². The van der Waals surface area contributed by atoms with Gasteiger partial charge in [0.05, 0.1) is 6.61 Å². The molecule has 2 aromatic rings. The fourth-order valence-electron chi connectivity index (χ4n) is 1.43. The standard InChI is InChI=1S/C11H13BrN2O4/c1-6-4-7(17-9(6)12)11-13-10(14-18-11)8(16-3)5-15-2/h4,8H,5H2,1-3H3. The molecule has 0 N–H and O–H groups in total. The molecule has 0 bridgehead atoms. The van der Waals surface area contributed by atoms with Crippen LogP contribution >= 0.6 is 15.9 Å². The molecule has 7 heteroatoms. The third-order valence-electron chi connectivity index (χ3n) is 2.40. The molecule has 1 atom stereocenters. The minimum absolute atomic E-state index is 0.317. The van der Waals surface area contributed by atoms with Crippen LogP contribution in [0, 0.1) is 6.92 Å². The maximum atomic E-state index is 5.44. The number of halogens is 1. The van der Waals surface area contributed by atoms with Crippen molar-refractivity contribution >= 4 is 15.9 Å². The Bertz CT molecular complexity index is 503. The van der Waals surface area contributed by atoms with Crippen molar-refractivity contribution < 1.29 is 18.4 Å². The molecule has 6 nitrogen and oxygen atoms in total. The Morgan fingerprint density at radius 1 is 1.44 bits per heavy atom. The lowest BCUT2D eigenvalue weighted by Crippen LogP contribution is -2.10. The first-order chi connectivity index (χ1) is 8.65. The predicted octanol–water partition coefficient (Wildman–Crippen LogP) is 2.73. The third-order valence-corrected chi connectivity index (χ3v) is 3.19. The Labute approximate surface area is 112 Å². The van der Waals surface area contributed by atoms with Crippen molar-refractivity contribution in [3.63, 3.8) is 0 Å². The molecule has 0 amide bonds. The highest BCUT2D eigenvalue weighted by atomic mass is 79.9. The first-order valence-corrected chi connectivity index (χ1v) is 6.06. The molecular formula is C11H13BrN2O4. The lowest BCUT2D eigenvalue weighted by atomic mass is 10.3. The van der Waals surface area contributed by atoms with E-state index in [4.69, 9.17) is 18.4 Å². The summed E-state index contributed by atoms with van der Waals surface area (Å²) in [7, 11) is 3.15. The number of aromatic nitrogens is 2. The van der Waals surface area contributed by atoms with Crippen LogP contribution in [0.5, 0.6) is 0 Å². The number of ether oxygens (including phenoxy) is 2. The lowest BCUT2D eigenvalue weighted by molar-refractivity contribution is 0.0209. The Hall–Kier alpha value is -1.18. The molecule has 0 spiro atoms. The van der Waals surface area contributed by atoms with Crippen molar-refractivity contribution in [1.82, 2.24) is 10.1 Å². The summed E-state index contributed by atoms with van der Waals surface area (Å²) in [6.07, 6.45) is -0.355. The monoisotopic (exact) mass is 316 g/mol. The van der Waals surface area contributed by atoms with Crippen LogP contribution in [0.15, 0.2) is 19.7 Å². The molecule has 0 saturated carbocycles. The second kappa shape index (κ2) is 5.64. The van der Waals surface area contributed by atoms with Crippen LogP contribution in [0.1, 0.15) is 17.5 Å². The summed E-state index contributed by atoms with van der Waals surface area (Å²) in [5.41, 5.74) is 0.963. The molecule has 0 radical (unpaired) electrons. The van der Waals surface area contributed by atoms with Crippen LogP contribution < -0.4 is 0 Å². The highest BCUT2D eigenvalue weighted by Crippen LogP contribution is 2.28. The number of nitrogens with zero attached hydrogens (tertiary/aromatic N) is 2. The molecule has 0 aliphatic heterocycles. The Balaban J connectivity index is 2.24. The zero-order chi connectivity index (χ0) is 13.1. The van der Waals surface area contributed by atoms with E-state index in [0.29, 0.717) is 28.8 Å². The van der Waals surface area contributed by atoms with Crippen molar-refractivity contribution in [3.8, 4) is 11.7 Å². The van der Waals surface area contributed by atoms with Gasteiger partial charge >= 0.3 is 0 Å². The first-order valence-electron chi connectivity index (χ1n) is 5.27. The zero-order valence-corrected chi connectivity index (χ0v) is 11.9. The van der Waals surface area contributed by atoms with Crippen LogP contribution in [0.4, 0.5) is 0 Å². The van der Waals surface area contributed by atoms with Crippen LogP contribution in [0.3, 0.4) is 0 Å². The molecule has 2 aromatic heterocycles. The van der Waals surface area contributed by atoms with Crippen LogP contribution in [0.25, 0.3) is 11.7 Å². The van der Waals surface area contributed by atoms with E-state index in [-0.39, 0.29) is 6.10 Å². The molecule has 0 aliphatic rings. The normalized spacial score (nSPS) is 12.9. The number of hydrogen-bond acceptors (Lipinski definition) is 6. The molecule has 0 fully saturated rings. The summed E-state index contributed by atoms with van der Waals surface area (Å²) in [5, 5.41) is 3.85. The van der Waals surface area contributed by atoms with E-state index in [1.54, 1.807) is 14.2 Å². The molecule has 0 saturated heterocycles. The van der Waals surface area contributed by atoms with Gasteiger partial charge in [0.2, 0.25) is 5.82 Å². The zero-order valence-electron chi connectivity index (χ0n) is 10.3. The van der Waals surface area contributed by atoms with Crippen molar-refractivity contribution in [3.05, 3.63) is 22.1 Å². The second-order valence-electron chi connectivity index (χ2n) is 3.70. The van der Waals surface area contributed by atoms with E-state index in [1.165, 1.54) is 0 Å². The second-order valence-corrected chi connectivity index (χ2v) is 4.43. The van der Waals surface area contributed by atoms with E-state index in [0.717, 1.165) is 5.56 Å². The highest BCUT2D eigenvalue weighted by molar-refractivity contribution is 9.10. The fourth-order valence-corrected chi connectivity index (χ4v) is 1.72. The molecule has 2 rings (SSSR count). The minimum atomic E-state index is -0.355. The SMILES string of the molecule is COCC(OC)c1noc(-c2cc(C)c(Br)o2)n1. The highest BCUT2D eigenvalue weighted by Gasteiger charge is 2.20. The smallest absolute Gasteiger partial charge is 0.293 e. The third kappa shape index (κ3) is 2.63. The van der Waals surface area contributed by atoms with Gasteiger partial charge in [-0.15, -0.1) is 0 Å². The number of aryl methyl sites for hydroxylation is 1. The van der Waals surface area contributed by atoms with E-state index < -0.39 is 0 Å². The Kier molecular flexibility index (Phi) is 4.15. The van der Waals surface area contributed by atoms with Gasteiger partial charge < -0.3 is 18.4 Å². The summed E-state index contributed by atoms with van der Waals surface area (Å²) < 4.78 is 21.4. The van der Waals surface area contributed by atoms with Gasteiger partial charge in [0.15, 0.2) is 10.4 Å². The van der Waals surface area contributed by atoms with Gasteiger partial charge in [-0.2, -0.15) is 4.98 Å². The average molecular weight is 317 g/mol. The number of hydrogen-bond donors (Lipinski definition) is 0. The molecule has 18 heavy (non-hydrogen) atoms. The van der Waals surface area contributed by atoms with E-state index in [1.807, 2.05) is 13.0 Å². The number of rotatable bonds is 5. The summed E-state index contributed by atoms with van der Waals surface area (Å²) >= 11 is 3.29. The number of methoxy groups -OCH3 is 2. The van der Waals surface area contributed by atoms with Crippen molar-refractivity contribution in [2.45, 2.75) is 13.0 Å². The van der Waals surface area contributed by atoms with Crippen LogP contribution in [-0.2, 0) is 9.47 Å². The lowest BCUT2D eigenvalue weighted by Gasteiger charge is -2.08. The van der Waals surface area contributed by atoms with Gasteiger partial charge in [-0.3, -0.25) is 0 Å². The maximum Gasteiger partial charge on any atom is 0.293 e. The van der Waals surface area contributed by atoms with Crippen molar-refractivity contribution in [2.24, 2.45) is 0 Å². The molecular weight excluding hydrogens is 304 g/mol. The van der Waals surface area contributed by atoms with Crippen molar-refractivity contribution in [2.75, 3.05) is 20.8 Å². The van der Waals surface area contributed by atoms with Gasteiger partial charge in [-0.1, -0.05) is 5.16 Å². The molecule has 2 heterocycles. The van der Waals surface area contributed by atoms with E-state index in [9.17, 15) is 0 Å². The van der Waals surface area contributed by atoms with E-state index in [2.05, 4.69) is 26.1 Å². The average Bonchev–Trinajstić information content (AvgIpc) is 2.94. The summed E-state index contributed by atoms with van der Waals surface area (Å²) in [6.45, 7) is 2.27. The van der Waals surface area contributed by atoms with Gasteiger partial charge in [0, 0.05) is 19.8 Å². The van der Waals surface area contributed by atoms with Gasteiger partial charge in [0.25, 0.3) is 5.89 Å². The summed E-state index contributed by atoms with van der Waals surface area (Å²) in [6, 6.07) is 1.82. The largest absolute Gasteiger partial charge is 0.444 e. The predicted molar refractivity (Wildman–Crippen MR) is 66.1 cm³/mol. The van der Waals surface area contributed by atoms with Crippen molar-refractivity contribution in [1.29, 1.82) is 0 Å².